The van der Waals surface area contributed by atoms with Crippen LogP contribution in [0.15, 0.2) is 75.7 Å². The minimum Gasteiger partial charge on any atom is -0.466 e. The maximum Gasteiger partial charge on any atom is 0.338 e. The number of anilines is 1. The Bertz CT molecular complexity index is 1460. The molecular weight excluding hydrogens is 414 g/mol. The van der Waals surface area contributed by atoms with Crippen LogP contribution in [0, 0.1) is 0 Å². The lowest BCUT2D eigenvalue weighted by molar-refractivity contribution is -0.136. The molecule has 8 heteroatoms. The Hall–Kier alpha value is -3.78. The molecule has 0 radical (unpaired) electrons. The Morgan fingerprint density at radius 1 is 1.10 bits per heavy atom. The number of rotatable bonds is 2. The van der Waals surface area contributed by atoms with Crippen molar-refractivity contribution >= 4 is 34.5 Å². The van der Waals surface area contributed by atoms with Gasteiger partial charge in [0.25, 0.3) is 11.5 Å². The third-order valence-electron chi connectivity index (χ3n) is 5.42. The van der Waals surface area contributed by atoms with E-state index in [2.05, 4.69) is 10.3 Å². The number of benzene rings is 2. The first kappa shape index (κ1) is 19.2. The monoisotopic (exact) mass is 431 g/mol. The fourth-order valence-electron chi connectivity index (χ4n) is 4.04. The van der Waals surface area contributed by atoms with Gasteiger partial charge in [0.2, 0.25) is 0 Å². The number of aromatic nitrogens is 1. The topological polar surface area (TPSA) is 89.8 Å². The lowest BCUT2D eigenvalue weighted by Crippen LogP contribution is -2.40. The van der Waals surface area contributed by atoms with Crippen molar-refractivity contribution in [3.63, 3.8) is 0 Å². The molecule has 0 unspecified atom stereocenters. The Labute approximate surface area is 180 Å². The fraction of sp³-hybridized carbons (Fsp3) is 0.130. The summed E-state index contributed by atoms with van der Waals surface area (Å²) in [6.45, 7) is 1.72. The zero-order chi connectivity index (χ0) is 21.7. The van der Waals surface area contributed by atoms with Crippen LogP contribution in [0.1, 0.15) is 24.1 Å². The molecule has 2 aliphatic heterocycles. The summed E-state index contributed by atoms with van der Waals surface area (Å²) in [5, 5.41) is 2.81. The number of hydrogen-bond acceptors (Lipinski definition) is 6. The normalized spacial score (nSPS) is 18.8. The first-order valence-corrected chi connectivity index (χ1v) is 10.4. The average Bonchev–Trinajstić information content (AvgIpc) is 3.28. The molecule has 1 amide bonds. The number of para-hydroxylation sites is 1. The summed E-state index contributed by atoms with van der Waals surface area (Å²) in [4.78, 5) is 44.0. The van der Waals surface area contributed by atoms with E-state index in [9.17, 15) is 14.4 Å². The van der Waals surface area contributed by atoms with E-state index in [4.69, 9.17) is 4.74 Å². The lowest BCUT2D eigenvalue weighted by Gasteiger charge is -2.24. The highest BCUT2D eigenvalue weighted by atomic mass is 32.1. The molecule has 1 atom stereocenters. The first-order valence-electron chi connectivity index (χ1n) is 9.60. The van der Waals surface area contributed by atoms with Crippen LogP contribution in [0.4, 0.5) is 5.69 Å². The van der Waals surface area contributed by atoms with Crippen molar-refractivity contribution in [1.82, 2.24) is 4.57 Å². The van der Waals surface area contributed by atoms with Crippen LogP contribution in [0.5, 0.6) is 0 Å². The van der Waals surface area contributed by atoms with Gasteiger partial charge >= 0.3 is 5.97 Å². The van der Waals surface area contributed by atoms with Crippen molar-refractivity contribution in [2.24, 2.45) is 4.99 Å². The van der Waals surface area contributed by atoms with Gasteiger partial charge < -0.3 is 10.1 Å². The van der Waals surface area contributed by atoms with Gasteiger partial charge in [0.05, 0.1) is 30.0 Å². The Balaban J connectivity index is 1.85. The highest BCUT2D eigenvalue weighted by Gasteiger charge is 2.34. The highest BCUT2D eigenvalue weighted by Crippen LogP contribution is 2.32. The second kappa shape index (κ2) is 7.17. The van der Waals surface area contributed by atoms with Crippen LogP contribution in [0.2, 0.25) is 0 Å². The minimum atomic E-state index is -0.695. The molecule has 0 aliphatic carbocycles. The van der Waals surface area contributed by atoms with Gasteiger partial charge in [0, 0.05) is 11.3 Å². The number of nitrogens with zero attached hydrogens (tertiary/aromatic N) is 2. The number of fused-ring (bicyclic) bond motifs is 2. The summed E-state index contributed by atoms with van der Waals surface area (Å²) in [6.07, 6.45) is 0. The molecule has 31 heavy (non-hydrogen) atoms. The molecule has 3 aromatic rings. The molecule has 0 fully saturated rings. The maximum atomic E-state index is 13.6. The lowest BCUT2D eigenvalue weighted by atomic mass is 9.96. The minimum absolute atomic E-state index is 0.293. The van der Waals surface area contributed by atoms with Crippen LogP contribution >= 0.6 is 11.3 Å². The Kier molecular flexibility index (Phi) is 4.44. The molecule has 1 N–H and O–H groups in total. The van der Waals surface area contributed by atoms with Gasteiger partial charge in [-0.15, -0.1) is 0 Å². The van der Waals surface area contributed by atoms with Crippen molar-refractivity contribution in [3.8, 4) is 0 Å². The van der Waals surface area contributed by atoms with Crippen molar-refractivity contribution in [1.29, 1.82) is 0 Å². The second-order valence-electron chi connectivity index (χ2n) is 7.18. The number of methoxy groups -OCH3 is 1. The summed E-state index contributed by atoms with van der Waals surface area (Å²) in [5.74, 6) is -0.872. The van der Waals surface area contributed by atoms with Crippen molar-refractivity contribution in [2.75, 3.05) is 12.4 Å². The zero-order valence-corrected chi connectivity index (χ0v) is 17.5. The third-order valence-corrected chi connectivity index (χ3v) is 6.47. The number of nitrogens with one attached hydrogen (secondary N) is 1. The largest absolute Gasteiger partial charge is 0.466 e. The highest BCUT2D eigenvalue weighted by molar-refractivity contribution is 7.07. The van der Waals surface area contributed by atoms with Crippen molar-refractivity contribution in [3.05, 3.63) is 96.7 Å². The number of amides is 1. The van der Waals surface area contributed by atoms with Gasteiger partial charge in [-0.25, -0.2) is 9.79 Å². The molecule has 2 aliphatic rings. The number of ether oxygens (including phenoxy) is 1. The molecule has 1 aromatic heterocycles. The van der Waals surface area contributed by atoms with E-state index in [1.807, 2.05) is 42.5 Å². The molecule has 0 saturated heterocycles. The van der Waals surface area contributed by atoms with Crippen molar-refractivity contribution < 1.29 is 14.3 Å². The van der Waals surface area contributed by atoms with E-state index in [0.29, 0.717) is 37.4 Å². The summed E-state index contributed by atoms with van der Waals surface area (Å²) in [5.41, 5.74) is 2.84. The predicted octanol–water partition coefficient (Wildman–Crippen LogP) is 1.73. The number of carbonyl (C=O) groups excluding carboxylic acids is 2. The summed E-state index contributed by atoms with van der Waals surface area (Å²) in [7, 11) is 1.30. The Morgan fingerprint density at radius 3 is 2.55 bits per heavy atom. The van der Waals surface area contributed by atoms with Crippen LogP contribution in [0.25, 0.3) is 5.57 Å². The second-order valence-corrected chi connectivity index (χ2v) is 8.16. The Morgan fingerprint density at radius 2 is 1.81 bits per heavy atom. The summed E-state index contributed by atoms with van der Waals surface area (Å²) in [6, 6.07) is 15.8. The van der Waals surface area contributed by atoms with Crippen LogP contribution in [-0.4, -0.2) is 23.6 Å². The van der Waals surface area contributed by atoms with E-state index < -0.39 is 12.0 Å². The number of thiazole rings is 1. The van der Waals surface area contributed by atoms with Crippen LogP contribution in [0.3, 0.4) is 0 Å². The number of hydrogen-bond donors (Lipinski definition) is 1. The van der Waals surface area contributed by atoms with E-state index in [1.54, 1.807) is 19.1 Å². The van der Waals surface area contributed by atoms with Gasteiger partial charge in [0.1, 0.15) is 4.53 Å². The number of carbonyl (C=O) groups is 2. The fourth-order valence-corrected chi connectivity index (χ4v) is 5.18. The van der Waals surface area contributed by atoms with E-state index in [-0.39, 0.29) is 11.5 Å². The molecular formula is C23H17N3O4S. The molecule has 0 saturated carbocycles. The van der Waals surface area contributed by atoms with E-state index >= 15 is 0 Å². The molecule has 2 aromatic carbocycles. The van der Waals surface area contributed by atoms with Gasteiger partial charge in [0.15, 0.2) is 4.80 Å². The summed E-state index contributed by atoms with van der Waals surface area (Å²) >= 11 is 1.15. The van der Waals surface area contributed by atoms with E-state index in [0.717, 1.165) is 16.9 Å². The van der Waals surface area contributed by atoms with Gasteiger partial charge in [-0.1, -0.05) is 59.9 Å². The average molecular weight is 431 g/mol. The molecule has 3 heterocycles. The van der Waals surface area contributed by atoms with Gasteiger partial charge in [-0.05, 0) is 18.6 Å². The van der Waals surface area contributed by atoms with Crippen LogP contribution < -0.4 is 20.2 Å². The summed E-state index contributed by atoms with van der Waals surface area (Å²) < 4.78 is 6.77. The molecule has 7 nitrogen and oxygen atoms in total. The molecule has 5 rings (SSSR count). The quantitative estimate of drug-likeness (QED) is 0.626. The van der Waals surface area contributed by atoms with Crippen molar-refractivity contribution in [2.45, 2.75) is 13.0 Å². The van der Waals surface area contributed by atoms with Gasteiger partial charge in [-0.3, -0.25) is 14.2 Å². The standard InChI is InChI=1S/C23H17N3O4S/c1-12-16(22(29)30-2)18(13-8-4-3-5-9-13)26-21(28)19(31-23(26)24-12)17-14-10-6-7-11-15(14)25-20(17)27/h3-11,18H,1-2H3,(H,25,27)/b19-17-/t18-/m1/s1. The SMILES string of the molecule is COC(=O)C1=C(C)N=c2s/c(=C3\C(=O)Nc4ccccc43)c(=O)n2[C@@H]1c1ccccc1. The third kappa shape index (κ3) is 2.87. The number of esters is 1. The molecule has 0 spiro atoms. The van der Waals surface area contributed by atoms with E-state index in [1.165, 1.54) is 11.7 Å². The smallest absolute Gasteiger partial charge is 0.338 e. The predicted molar refractivity (Wildman–Crippen MR) is 116 cm³/mol. The number of allylic oxidation sites excluding steroid dienone is 1. The van der Waals surface area contributed by atoms with Gasteiger partial charge in [-0.2, -0.15) is 0 Å². The zero-order valence-electron chi connectivity index (χ0n) is 16.7. The molecule has 0 bridgehead atoms. The molecule has 154 valence electrons. The first-order chi connectivity index (χ1) is 15.0. The maximum absolute atomic E-state index is 13.6. The van der Waals surface area contributed by atoms with Crippen LogP contribution in [-0.2, 0) is 14.3 Å².